The quantitative estimate of drug-likeness (QED) is 0.547. The highest BCUT2D eigenvalue weighted by molar-refractivity contribution is 6.16. The van der Waals surface area contributed by atoms with E-state index in [1.165, 1.54) is 12.8 Å². The number of piperidine rings is 1. The summed E-state index contributed by atoms with van der Waals surface area (Å²) in [6.07, 6.45) is 6.90. The van der Waals surface area contributed by atoms with Gasteiger partial charge in [-0.15, -0.1) is 0 Å². The minimum atomic E-state index is -0.212. The van der Waals surface area contributed by atoms with Crippen molar-refractivity contribution in [2.75, 3.05) is 18.9 Å². The maximum Gasteiger partial charge on any atom is 0.319 e. The molecule has 0 spiro atoms. The molecular weight excluding hydrogens is 434 g/mol. The Hall–Kier alpha value is -3.95. The average molecular weight is 464 g/mol. The number of urea groups is 1. The standard InChI is InChI=1S/C29H29N5O/c1-34-17-6-5-11-27(34)28(22-9-3-2-4-10-22)33-29(35)32-24-14-13-23-20-31-26(25(23)18-24)15-12-21-8-7-16-30-19-21/h2-4,7-10,13-14,16,18-19,27-28H,5-6,11,17,20H2,1H3,(H2,32,33,35)/t27-,28-/m1/s1. The SMILES string of the molecule is CN1CCCC[C@@H]1[C@H](NC(=O)Nc1ccc2c(c1)C(C#Cc1cccnc1)=NC2)c1ccccc1. The van der Waals surface area contributed by atoms with Crippen molar-refractivity contribution < 1.29 is 4.79 Å². The fraction of sp³-hybridized carbons (Fsp3) is 0.276. The van der Waals surface area contributed by atoms with E-state index in [1.54, 1.807) is 12.4 Å². The Morgan fingerprint density at radius 2 is 1.97 bits per heavy atom. The minimum Gasteiger partial charge on any atom is -0.329 e. The molecule has 1 fully saturated rings. The molecule has 0 unspecified atom stereocenters. The minimum absolute atomic E-state index is 0.0848. The van der Waals surface area contributed by atoms with E-state index in [0.29, 0.717) is 6.54 Å². The summed E-state index contributed by atoms with van der Waals surface area (Å²) in [4.78, 5) is 24.2. The number of benzene rings is 2. The van der Waals surface area contributed by atoms with Crippen LogP contribution >= 0.6 is 0 Å². The number of aliphatic imine (C=N–C) groups is 1. The first-order valence-electron chi connectivity index (χ1n) is 12.1. The predicted octanol–water partition coefficient (Wildman–Crippen LogP) is 4.78. The van der Waals surface area contributed by atoms with Crippen LogP contribution in [0.3, 0.4) is 0 Å². The predicted molar refractivity (Wildman–Crippen MR) is 139 cm³/mol. The lowest BCUT2D eigenvalue weighted by Gasteiger charge is -2.38. The highest BCUT2D eigenvalue weighted by Gasteiger charge is 2.30. The second-order valence-corrected chi connectivity index (χ2v) is 9.06. The number of amides is 2. The third-order valence-corrected chi connectivity index (χ3v) is 6.67. The van der Waals surface area contributed by atoms with Gasteiger partial charge in [0.15, 0.2) is 0 Å². The van der Waals surface area contributed by atoms with Crippen LogP contribution in [-0.2, 0) is 6.54 Å². The molecule has 2 aliphatic heterocycles. The second-order valence-electron chi connectivity index (χ2n) is 9.06. The summed E-state index contributed by atoms with van der Waals surface area (Å²) in [5, 5.41) is 6.29. The summed E-state index contributed by atoms with van der Waals surface area (Å²) in [6.45, 7) is 1.65. The molecule has 6 nitrogen and oxygen atoms in total. The lowest BCUT2D eigenvalue weighted by atomic mass is 9.91. The summed E-state index contributed by atoms with van der Waals surface area (Å²) in [5.74, 6) is 6.29. The van der Waals surface area contributed by atoms with E-state index in [4.69, 9.17) is 0 Å². The molecule has 2 aromatic carbocycles. The van der Waals surface area contributed by atoms with Crippen molar-refractivity contribution in [3.05, 3.63) is 95.3 Å². The van der Waals surface area contributed by atoms with Gasteiger partial charge in [-0.05, 0) is 67.7 Å². The highest BCUT2D eigenvalue weighted by atomic mass is 16.2. The molecule has 3 aromatic rings. The Balaban J connectivity index is 1.32. The molecule has 0 radical (unpaired) electrons. The highest BCUT2D eigenvalue weighted by Crippen LogP contribution is 2.28. The number of rotatable bonds is 4. The maximum absolute atomic E-state index is 13.1. The molecule has 35 heavy (non-hydrogen) atoms. The fourth-order valence-electron chi connectivity index (χ4n) is 4.83. The Bertz CT molecular complexity index is 1280. The molecule has 2 N–H and O–H groups in total. The van der Waals surface area contributed by atoms with E-state index in [2.05, 4.69) is 56.5 Å². The van der Waals surface area contributed by atoms with Gasteiger partial charge in [0.25, 0.3) is 0 Å². The number of pyridine rings is 1. The van der Waals surface area contributed by atoms with Crippen LogP contribution in [0, 0.1) is 11.8 Å². The monoisotopic (exact) mass is 463 g/mol. The Labute approximate surface area is 206 Å². The summed E-state index contributed by atoms with van der Waals surface area (Å²) in [7, 11) is 2.15. The topological polar surface area (TPSA) is 69.6 Å². The second kappa shape index (κ2) is 10.5. The van der Waals surface area contributed by atoms with Crippen LogP contribution < -0.4 is 10.6 Å². The maximum atomic E-state index is 13.1. The zero-order valence-electron chi connectivity index (χ0n) is 19.9. The van der Waals surface area contributed by atoms with Crippen LogP contribution in [0.5, 0.6) is 0 Å². The number of carbonyl (C=O) groups is 1. The average Bonchev–Trinajstić information content (AvgIpc) is 3.30. The molecular formula is C29H29N5O. The van der Waals surface area contributed by atoms with Crippen molar-refractivity contribution in [3.63, 3.8) is 0 Å². The molecule has 2 amide bonds. The van der Waals surface area contributed by atoms with E-state index in [0.717, 1.165) is 46.6 Å². The van der Waals surface area contributed by atoms with Crippen molar-refractivity contribution in [2.24, 2.45) is 4.99 Å². The number of fused-ring (bicyclic) bond motifs is 1. The van der Waals surface area contributed by atoms with Crippen molar-refractivity contribution in [3.8, 4) is 11.8 Å². The molecule has 0 aliphatic carbocycles. The van der Waals surface area contributed by atoms with Crippen molar-refractivity contribution >= 4 is 17.4 Å². The third kappa shape index (κ3) is 5.42. The molecule has 0 bridgehead atoms. The lowest BCUT2D eigenvalue weighted by Crippen LogP contribution is -2.48. The van der Waals surface area contributed by atoms with Crippen LogP contribution in [0.1, 0.15) is 47.6 Å². The van der Waals surface area contributed by atoms with Gasteiger partial charge in [-0.2, -0.15) is 0 Å². The largest absolute Gasteiger partial charge is 0.329 e. The zero-order valence-corrected chi connectivity index (χ0v) is 19.9. The normalized spacial score (nSPS) is 18.0. The van der Waals surface area contributed by atoms with Crippen LogP contribution in [-0.4, -0.2) is 41.3 Å². The Morgan fingerprint density at radius 1 is 1.09 bits per heavy atom. The van der Waals surface area contributed by atoms with E-state index in [1.807, 2.05) is 48.5 Å². The molecule has 1 saturated heterocycles. The molecule has 2 atom stereocenters. The number of nitrogens with one attached hydrogen (secondary N) is 2. The van der Waals surface area contributed by atoms with Crippen LogP contribution in [0.25, 0.3) is 0 Å². The first kappa shape index (κ1) is 22.8. The van der Waals surface area contributed by atoms with E-state index in [-0.39, 0.29) is 18.1 Å². The Morgan fingerprint density at radius 3 is 2.77 bits per heavy atom. The molecule has 2 aliphatic rings. The first-order chi connectivity index (χ1) is 17.2. The van der Waals surface area contributed by atoms with Gasteiger partial charge in [0.2, 0.25) is 0 Å². The van der Waals surface area contributed by atoms with Crippen LogP contribution in [0.15, 0.2) is 78.0 Å². The van der Waals surface area contributed by atoms with Crippen molar-refractivity contribution in [1.29, 1.82) is 0 Å². The fourth-order valence-corrected chi connectivity index (χ4v) is 4.83. The van der Waals surface area contributed by atoms with Crippen LogP contribution in [0.2, 0.25) is 0 Å². The molecule has 0 saturated carbocycles. The number of anilines is 1. The number of aromatic nitrogens is 1. The van der Waals surface area contributed by atoms with Gasteiger partial charge in [0.1, 0.15) is 5.71 Å². The Kier molecular flexibility index (Phi) is 6.87. The summed E-state index contributed by atoms with van der Waals surface area (Å²) in [5.41, 5.74) is 5.50. The number of hydrogen-bond acceptors (Lipinski definition) is 4. The van der Waals surface area contributed by atoms with E-state index < -0.39 is 0 Å². The number of likely N-dealkylation sites (tertiary alicyclic amines) is 1. The summed E-state index contributed by atoms with van der Waals surface area (Å²) in [6, 6.07) is 19.9. The van der Waals surface area contributed by atoms with Gasteiger partial charge in [-0.3, -0.25) is 9.98 Å². The third-order valence-electron chi connectivity index (χ3n) is 6.67. The van der Waals surface area contributed by atoms with Gasteiger partial charge in [0.05, 0.1) is 12.6 Å². The van der Waals surface area contributed by atoms with Gasteiger partial charge in [-0.25, -0.2) is 4.79 Å². The van der Waals surface area contributed by atoms with Gasteiger partial charge in [-0.1, -0.05) is 48.7 Å². The van der Waals surface area contributed by atoms with Gasteiger partial charge < -0.3 is 15.5 Å². The van der Waals surface area contributed by atoms with Gasteiger partial charge >= 0.3 is 6.03 Å². The van der Waals surface area contributed by atoms with E-state index >= 15 is 0 Å². The number of carbonyl (C=O) groups excluding carboxylic acids is 1. The number of likely N-dealkylation sites (N-methyl/N-ethyl adjacent to an activating group) is 1. The number of nitrogens with zero attached hydrogens (tertiary/aromatic N) is 3. The summed E-state index contributed by atoms with van der Waals surface area (Å²) < 4.78 is 0. The smallest absolute Gasteiger partial charge is 0.319 e. The molecule has 5 rings (SSSR count). The van der Waals surface area contributed by atoms with Gasteiger partial charge in [0, 0.05) is 35.2 Å². The van der Waals surface area contributed by atoms with Crippen LogP contribution in [0.4, 0.5) is 10.5 Å². The van der Waals surface area contributed by atoms with E-state index in [9.17, 15) is 4.79 Å². The molecule has 6 heteroatoms. The first-order valence-corrected chi connectivity index (χ1v) is 12.1. The van der Waals surface area contributed by atoms with Crippen molar-refractivity contribution in [2.45, 2.75) is 37.9 Å². The molecule has 176 valence electrons. The lowest BCUT2D eigenvalue weighted by molar-refractivity contribution is 0.147. The van der Waals surface area contributed by atoms with Crippen molar-refractivity contribution in [1.82, 2.24) is 15.2 Å². The molecule has 3 heterocycles. The summed E-state index contributed by atoms with van der Waals surface area (Å²) >= 11 is 0. The number of hydrogen-bond donors (Lipinski definition) is 2. The molecule has 1 aromatic heterocycles. The zero-order chi connectivity index (χ0) is 24.0.